The molecule has 3 N–H and O–H groups in total. The van der Waals surface area contributed by atoms with Crippen molar-refractivity contribution < 1.29 is 24.9 Å². The largest absolute Gasteiger partial charge is 0.393 e. The lowest BCUT2D eigenvalue weighted by Crippen LogP contribution is -2.69. The maximum atomic E-state index is 13.0. The Morgan fingerprint density at radius 1 is 1.06 bits per heavy atom. The number of allylic oxidation sites excluding steroid dienone is 2. The van der Waals surface area contributed by atoms with Gasteiger partial charge in [-0.1, -0.05) is 40.2 Å². The molecule has 0 amide bonds. The summed E-state index contributed by atoms with van der Waals surface area (Å²) in [6.07, 6.45) is 4.78. The second kappa shape index (κ2) is 8.23. The lowest BCUT2D eigenvalue weighted by atomic mass is 9.34. The molecule has 4 rings (SSSR count). The number of ketones is 2. The van der Waals surface area contributed by atoms with Crippen LogP contribution in [0, 0.1) is 45.3 Å². The summed E-state index contributed by atoms with van der Waals surface area (Å²) in [5, 5.41) is 34.2. The zero-order valence-corrected chi connectivity index (χ0v) is 23.1. The predicted octanol–water partition coefficient (Wildman–Crippen LogP) is 4.86. The summed E-state index contributed by atoms with van der Waals surface area (Å²) in [5.41, 5.74) is -1.36. The molecular weight excluding hydrogens is 440 g/mol. The molecular formula is C30H48O5. The minimum Gasteiger partial charge on any atom is -0.393 e. The molecule has 10 atom stereocenters. The monoisotopic (exact) mass is 488 g/mol. The zero-order valence-electron chi connectivity index (χ0n) is 23.1. The van der Waals surface area contributed by atoms with Crippen molar-refractivity contribution in [2.24, 2.45) is 45.3 Å². The van der Waals surface area contributed by atoms with Crippen molar-refractivity contribution >= 4 is 11.6 Å². The highest BCUT2D eigenvalue weighted by molar-refractivity contribution is 5.91. The van der Waals surface area contributed by atoms with Gasteiger partial charge in [0.25, 0.3) is 0 Å². The SMILES string of the molecule is CC(C)=CC(=O)CC(C)(O)C1CCC2(C)C1CC(O)C1C3(C)CC(=O)C(O)C(C)(C)C3CCC12C. The molecule has 4 fully saturated rings. The van der Waals surface area contributed by atoms with Crippen molar-refractivity contribution in [3.05, 3.63) is 11.6 Å². The minimum absolute atomic E-state index is 0.0401. The summed E-state index contributed by atoms with van der Waals surface area (Å²) in [5.74, 6) is 0.0536. The summed E-state index contributed by atoms with van der Waals surface area (Å²) in [4.78, 5) is 25.6. The van der Waals surface area contributed by atoms with Crippen LogP contribution in [0.25, 0.3) is 0 Å². The van der Waals surface area contributed by atoms with Crippen molar-refractivity contribution in [3.63, 3.8) is 0 Å². The van der Waals surface area contributed by atoms with Crippen LogP contribution < -0.4 is 0 Å². The van der Waals surface area contributed by atoms with E-state index in [2.05, 4.69) is 20.8 Å². The van der Waals surface area contributed by atoms with Crippen molar-refractivity contribution in [1.82, 2.24) is 0 Å². The summed E-state index contributed by atoms with van der Waals surface area (Å²) in [6.45, 7) is 16.5. The Morgan fingerprint density at radius 3 is 2.26 bits per heavy atom. The van der Waals surface area contributed by atoms with Gasteiger partial charge >= 0.3 is 0 Å². The van der Waals surface area contributed by atoms with Crippen molar-refractivity contribution in [3.8, 4) is 0 Å². The number of aliphatic hydroxyl groups excluding tert-OH is 2. The predicted molar refractivity (Wildman–Crippen MR) is 136 cm³/mol. The molecule has 10 unspecified atom stereocenters. The van der Waals surface area contributed by atoms with Crippen LogP contribution in [0.3, 0.4) is 0 Å². The van der Waals surface area contributed by atoms with E-state index in [1.807, 2.05) is 34.6 Å². The fraction of sp³-hybridized carbons (Fsp3) is 0.867. The number of Topliss-reactive ketones (excluding diaryl/α,β-unsaturated/α-hetero) is 1. The molecule has 0 saturated heterocycles. The van der Waals surface area contributed by atoms with Gasteiger partial charge in [0, 0.05) is 18.3 Å². The molecule has 4 aliphatic rings. The Labute approximate surface area is 211 Å². The first kappa shape index (κ1) is 27.0. The summed E-state index contributed by atoms with van der Waals surface area (Å²) >= 11 is 0. The standard InChI is InChI=1S/C30H48O5/c1-17(2)13-18(31)15-30(8,35)19-9-11-28(6)20(19)14-21(32)24-27(5)16-22(33)25(34)26(3,4)23(27)10-12-29(24,28)7/h13,19-21,23-25,32,34-35H,9-12,14-16H2,1-8H3. The van der Waals surface area contributed by atoms with Gasteiger partial charge in [-0.05, 0) is 98.9 Å². The van der Waals surface area contributed by atoms with E-state index < -0.39 is 23.2 Å². The molecule has 0 heterocycles. The Hall–Kier alpha value is -1.04. The summed E-state index contributed by atoms with van der Waals surface area (Å²) in [7, 11) is 0. The van der Waals surface area contributed by atoms with Crippen LogP contribution in [0.15, 0.2) is 11.6 Å². The summed E-state index contributed by atoms with van der Waals surface area (Å²) < 4.78 is 0. The van der Waals surface area contributed by atoms with E-state index in [1.54, 1.807) is 6.08 Å². The maximum absolute atomic E-state index is 13.0. The number of hydrogen-bond donors (Lipinski definition) is 3. The highest BCUT2D eigenvalue weighted by atomic mass is 16.3. The van der Waals surface area contributed by atoms with Gasteiger partial charge in [0.15, 0.2) is 11.6 Å². The average molecular weight is 489 g/mol. The van der Waals surface area contributed by atoms with Crippen LogP contribution in [0.5, 0.6) is 0 Å². The molecule has 0 bridgehead atoms. The molecule has 4 saturated carbocycles. The van der Waals surface area contributed by atoms with Crippen molar-refractivity contribution in [2.75, 3.05) is 0 Å². The fourth-order valence-electron chi connectivity index (χ4n) is 10.3. The zero-order chi connectivity index (χ0) is 26.4. The molecule has 5 heteroatoms. The fourth-order valence-corrected chi connectivity index (χ4v) is 10.3. The van der Waals surface area contributed by atoms with Crippen LogP contribution in [-0.2, 0) is 9.59 Å². The van der Waals surface area contributed by atoms with E-state index in [9.17, 15) is 24.9 Å². The normalized spacial score (nSPS) is 48.3. The molecule has 198 valence electrons. The Balaban J connectivity index is 1.70. The van der Waals surface area contributed by atoms with Gasteiger partial charge in [-0.25, -0.2) is 0 Å². The molecule has 0 spiro atoms. The van der Waals surface area contributed by atoms with E-state index >= 15 is 0 Å². The molecule has 0 aromatic carbocycles. The van der Waals surface area contributed by atoms with Gasteiger partial charge in [-0.15, -0.1) is 0 Å². The van der Waals surface area contributed by atoms with Crippen LogP contribution in [0.4, 0.5) is 0 Å². The minimum atomic E-state index is -1.12. The lowest BCUT2D eigenvalue weighted by molar-refractivity contribution is -0.250. The van der Waals surface area contributed by atoms with Gasteiger partial charge in [0.1, 0.15) is 6.10 Å². The topological polar surface area (TPSA) is 94.8 Å². The molecule has 5 nitrogen and oxygen atoms in total. The van der Waals surface area contributed by atoms with Gasteiger partial charge in [0.2, 0.25) is 0 Å². The third kappa shape index (κ3) is 3.74. The number of fused-ring (bicyclic) bond motifs is 5. The number of carbonyl (C=O) groups excluding carboxylic acids is 2. The molecule has 0 radical (unpaired) electrons. The quantitative estimate of drug-likeness (QED) is 0.491. The van der Waals surface area contributed by atoms with Gasteiger partial charge in [-0.3, -0.25) is 9.59 Å². The van der Waals surface area contributed by atoms with Crippen LogP contribution in [-0.4, -0.2) is 44.7 Å². The number of carbonyl (C=O) groups is 2. The molecule has 4 aliphatic carbocycles. The maximum Gasteiger partial charge on any atom is 0.162 e. The second-order valence-electron chi connectivity index (χ2n) is 14.6. The average Bonchev–Trinajstić information content (AvgIpc) is 3.03. The number of rotatable bonds is 4. The second-order valence-corrected chi connectivity index (χ2v) is 14.6. The van der Waals surface area contributed by atoms with Crippen LogP contribution in [0.2, 0.25) is 0 Å². The Bertz CT molecular complexity index is 929. The molecule has 0 aromatic rings. The lowest BCUT2D eigenvalue weighted by Gasteiger charge is -2.70. The smallest absolute Gasteiger partial charge is 0.162 e. The molecule has 0 aliphatic heterocycles. The number of aliphatic hydroxyl groups is 3. The third-order valence-corrected chi connectivity index (χ3v) is 11.9. The van der Waals surface area contributed by atoms with Gasteiger partial charge < -0.3 is 15.3 Å². The van der Waals surface area contributed by atoms with E-state index in [0.29, 0.717) is 12.8 Å². The third-order valence-electron chi connectivity index (χ3n) is 11.9. The first-order valence-electron chi connectivity index (χ1n) is 13.7. The van der Waals surface area contributed by atoms with Crippen molar-refractivity contribution in [1.29, 1.82) is 0 Å². The van der Waals surface area contributed by atoms with E-state index in [1.165, 1.54) is 0 Å². The van der Waals surface area contributed by atoms with Crippen LogP contribution >= 0.6 is 0 Å². The Kier molecular flexibility index (Phi) is 6.35. The van der Waals surface area contributed by atoms with Gasteiger partial charge in [0.05, 0.1) is 11.7 Å². The Morgan fingerprint density at radius 2 is 1.66 bits per heavy atom. The van der Waals surface area contributed by atoms with E-state index in [0.717, 1.165) is 31.3 Å². The highest BCUT2D eigenvalue weighted by Crippen LogP contribution is 2.75. The first-order chi connectivity index (χ1) is 15.9. The van der Waals surface area contributed by atoms with Gasteiger partial charge in [-0.2, -0.15) is 0 Å². The van der Waals surface area contributed by atoms with Crippen LogP contribution in [0.1, 0.15) is 100 Å². The molecule has 35 heavy (non-hydrogen) atoms. The first-order valence-corrected chi connectivity index (χ1v) is 13.7. The highest BCUT2D eigenvalue weighted by Gasteiger charge is 2.72. The van der Waals surface area contributed by atoms with E-state index in [-0.39, 0.29) is 57.9 Å². The summed E-state index contributed by atoms with van der Waals surface area (Å²) in [6, 6.07) is 0. The van der Waals surface area contributed by atoms with E-state index in [4.69, 9.17) is 0 Å². The molecule has 0 aromatic heterocycles. The van der Waals surface area contributed by atoms with Crippen molar-refractivity contribution in [2.45, 2.75) is 118 Å². The number of hydrogen-bond acceptors (Lipinski definition) is 5.